The first kappa shape index (κ1) is 18.4. The van der Waals surface area contributed by atoms with E-state index >= 15 is 0 Å². The maximum atomic E-state index is 14.3. The summed E-state index contributed by atoms with van der Waals surface area (Å²) in [6.45, 7) is 4.37. The van der Waals surface area contributed by atoms with Gasteiger partial charge in [-0.2, -0.15) is 0 Å². The summed E-state index contributed by atoms with van der Waals surface area (Å²) in [6.07, 6.45) is 1.81. The Morgan fingerprint density at radius 1 is 1.19 bits per heavy atom. The third kappa shape index (κ3) is 4.03. The first-order chi connectivity index (χ1) is 12.5. The lowest BCUT2D eigenvalue weighted by Crippen LogP contribution is -2.35. The second-order valence-corrected chi connectivity index (χ2v) is 6.72. The number of halogens is 1. The fraction of sp³-hybridized carbons (Fsp3) is 0.350. The molecule has 0 radical (unpaired) electrons. The lowest BCUT2D eigenvalue weighted by molar-refractivity contribution is 0.124. The van der Waals surface area contributed by atoms with Gasteiger partial charge in [-0.25, -0.2) is 9.37 Å². The molecule has 0 aliphatic carbocycles. The monoisotopic (exact) mass is 357 g/mol. The summed E-state index contributed by atoms with van der Waals surface area (Å²) in [5.41, 5.74) is 2.45. The molecule has 0 saturated carbocycles. The molecule has 0 fully saturated rings. The summed E-state index contributed by atoms with van der Waals surface area (Å²) in [7, 11) is 0. The average molecular weight is 357 g/mol. The van der Waals surface area contributed by atoms with Crippen LogP contribution < -0.4 is 5.32 Å². The van der Waals surface area contributed by atoms with E-state index < -0.39 is 12.0 Å². The molecule has 0 saturated heterocycles. The highest BCUT2D eigenvalue weighted by molar-refractivity contribution is 5.74. The van der Waals surface area contributed by atoms with Gasteiger partial charge in [0.2, 0.25) is 0 Å². The van der Waals surface area contributed by atoms with E-state index in [4.69, 9.17) is 0 Å². The zero-order valence-corrected chi connectivity index (χ0v) is 14.9. The molecule has 0 aliphatic rings. The highest BCUT2D eigenvalue weighted by Crippen LogP contribution is 2.29. The average Bonchev–Trinajstić information content (AvgIpc) is 3.01. The maximum Gasteiger partial charge on any atom is 0.131 e. The number of hydrogen-bond donors (Lipinski definition) is 3. The van der Waals surface area contributed by atoms with Crippen LogP contribution in [0.15, 0.2) is 48.8 Å². The summed E-state index contributed by atoms with van der Waals surface area (Å²) >= 11 is 0. The van der Waals surface area contributed by atoms with Crippen molar-refractivity contribution in [3.05, 3.63) is 60.2 Å². The molecule has 26 heavy (non-hydrogen) atoms. The van der Waals surface area contributed by atoms with Crippen molar-refractivity contribution < 1.29 is 14.6 Å². The van der Waals surface area contributed by atoms with Crippen LogP contribution in [0, 0.1) is 11.7 Å². The molecule has 0 aliphatic heterocycles. The SMILES string of the molecule is CC(O)NC(c1ccc(O)cc1F)C(C)CCn1cnc2ccccc21. The third-order valence-electron chi connectivity index (χ3n) is 4.66. The molecule has 6 heteroatoms. The first-order valence-electron chi connectivity index (χ1n) is 8.78. The maximum absolute atomic E-state index is 14.3. The largest absolute Gasteiger partial charge is 0.508 e. The molecule has 138 valence electrons. The van der Waals surface area contributed by atoms with E-state index in [2.05, 4.69) is 14.9 Å². The minimum Gasteiger partial charge on any atom is -0.508 e. The topological polar surface area (TPSA) is 70.3 Å². The molecular weight excluding hydrogens is 333 g/mol. The predicted molar refractivity (Wildman–Crippen MR) is 99.1 cm³/mol. The number of benzene rings is 2. The Balaban J connectivity index is 1.78. The number of nitrogens with one attached hydrogen (secondary N) is 1. The predicted octanol–water partition coefficient (Wildman–Crippen LogP) is 3.58. The van der Waals surface area contributed by atoms with E-state index in [-0.39, 0.29) is 17.7 Å². The number of imidazole rings is 1. The molecular formula is C20H24FN3O2. The number of aliphatic hydroxyl groups excluding tert-OH is 1. The smallest absolute Gasteiger partial charge is 0.131 e. The van der Waals surface area contributed by atoms with Crippen molar-refractivity contribution >= 4 is 11.0 Å². The summed E-state index contributed by atoms with van der Waals surface area (Å²) in [4.78, 5) is 4.39. The lowest BCUT2D eigenvalue weighted by Gasteiger charge is -2.28. The van der Waals surface area contributed by atoms with Gasteiger partial charge >= 0.3 is 0 Å². The van der Waals surface area contributed by atoms with Crippen molar-refractivity contribution in [2.75, 3.05) is 0 Å². The number of nitrogens with zero attached hydrogens (tertiary/aromatic N) is 2. The van der Waals surface area contributed by atoms with E-state index in [0.717, 1.165) is 30.1 Å². The molecule has 5 nitrogen and oxygen atoms in total. The summed E-state index contributed by atoms with van der Waals surface area (Å²) < 4.78 is 16.4. The number of para-hydroxylation sites is 2. The molecule has 0 spiro atoms. The van der Waals surface area contributed by atoms with Crippen LogP contribution in [-0.2, 0) is 6.54 Å². The van der Waals surface area contributed by atoms with Crippen molar-refractivity contribution in [1.29, 1.82) is 0 Å². The molecule has 0 amide bonds. The second-order valence-electron chi connectivity index (χ2n) is 6.72. The van der Waals surface area contributed by atoms with Gasteiger partial charge in [-0.15, -0.1) is 0 Å². The van der Waals surface area contributed by atoms with Crippen LogP contribution in [0.25, 0.3) is 11.0 Å². The summed E-state index contributed by atoms with van der Waals surface area (Å²) in [5, 5.41) is 22.3. The molecule has 3 unspecified atom stereocenters. The van der Waals surface area contributed by atoms with Gasteiger partial charge in [-0.1, -0.05) is 25.1 Å². The Morgan fingerprint density at radius 3 is 2.69 bits per heavy atom. The van der Waals surface area contributed by atoms with Crippen LogP contribution in [-0.4, -0.2) is 26.0 Å². The van der Waals surface area contributed by atoms with E-state index in [9.17, 15) is 14.6 Å². The van der Waals surface area contributed by atoms with Gasteiger partial charge in [-0.05, 0) is 37.5 Å². The molecule has 1 aromatic heterocycles. The number of phenols is 1. The van der Waals surface area contributed by atoms with Crippen molar-refractivity contribution in [1.82, 2.24) is 14.9 Å². The van der Waals surface area contributed by atoms with Gasteiger partial charge in [0.15, 0.2) is 0 Å². The molecule has 0 bridgehead atoms. The van der Waals surface area contributed by atoms with Crippen LogP contribution in [0.2, 0.25) is 0 Å². The Hall–Kier alpha value is -2.44. The zero-order chi connectivity index (χ0) is 18.7. The van der Waals surface area contributed by atoms with Crippen LogP contribution in [0.5, 0.6) is 5.75 Å². The van der Waals surface area contributed by atoms with Gasteiger partial charge in [0.05, 0.1) is 17.4 Å². The highest BCUT2D eigenvalue weighted by Gasteiger charge is 2.23. The Kier molecular flexibility index (Phi) is 5.54. The molecule has 3 atom stereocenters. The zero-order valence-electron chi connectivity index (χ0n) is 14.9. The van der Waals surface area contributed by atoms with E-state index in [1.165, 1.54) is 6.07 Å². The van der Waals surface area contributed by atoms with E-state index in [1.807, 2.05) is 37.5 Å². The summed E-state index contributed by atoms with van der Waals surface area (Å²) in [5.74, 6) is -0.549. The fourth-order valence-electron chi connectivity index (χ4n) is 3.29. The molecule has 3 N–H and O–H groups in total. The second kappa shape index (κ2) is 7.85. The Morgan fingerprint density at radius 2 is 1.96 bits per heavy atom. The number of aromatic hydroxyl groups is 1. The van der Waals surface area contributed by atoms with Crippen molar-refractivity contribution in [3.8, 4) is 5.75 Å². The minimum atomic E-state index is -0.773. The van der Waals surface area contributed by atoms with Gasteiger partial charge in [0.1, 0.15) is 17.8 Å². The van der Waals surface area contributed by atoms with Crippen LogP contribution in [0.1, 0.15) is 31.9 Å². The van der Waals surface area contributed by atoms with Crippen molar-refractivity contribution in [2.24, 2.45) is 5.92 Å². The van der Waals surface area contributed by atoms with Gasteiger partial charge in [-0.3, -0.25) is 5.32 Å². The number of aryl methyl sites for hydroxylation is 1. The lowest BCUT2D eigenvalue weighted by atomic mass is 9.91. The normalized spacial score (nSPS) is 15.1. The molecule has 3 aromatic rings. The summed E-state index contributed by atoms with van der Waals surface area (Å²) in [6, 6.07) is 11.7. The van der Waals surface area contributed by atoms with Gasteiger partial charge < -0.3 is 14.8 Å². The van der Waals surface area contributed by atoms with Crippen molar-refractivity contribution in [3.63, 3.8) is 0 Å². The first-order valence-corrected chi connectivity index (χ1v) is 8.78. The van der Waals surface area contributed by atoms with Crippen LogP contribution in [0.4, 0.5) is 4.39 Å². The number of hydrogen-bond acceptors (Lipinski definition) is 4. The Bertz CT molecular complexity index is 878. The number of aliphatic hydroxyl groups is 1. The third-order valence-corrected chi connectivity index (χ3v) is 4.66. The van der Waals surface area contributed by atoms with Gasteiger partial charge in [0.25, 0.3) is 0 Å². The quantitative estimate of drug-likeness (QED) is 0.565. The van der Waals surface area contributed by atoms with Gasteiger partial charge in [0, 0.05) is 24.2 Å². The molecule has 3 rings (SSSR count). The van der Waals surface area contributed by atoms with E-state index in [0.29, 0.717) is 5.56 Å². The molecule has 2 aromatic carbocycles. The minimum absolute atomic E-state index is 0.0461. The Labute approximate surface area is 152 Å². The number of aromatic nitrogens is 2. The molecule has 1 heterocycles. The van der Waals surface area contributed by atoms with Crippen molar-refractivity contribution in [2.45, 2.75) is 39.1 Å². The number of fused-ring (bicyclic) bond motifs is 1. The fourth-order valence-corrected chi connectivity index (χ4v) is 3.29. The number of rotatable bonds is 7. The van der Waals surface area contributed by atoms with Crippen LogP contribution >= 0.6 is 0 Å². The van der Waals surface area contributed by atoms with E-state index in [1.54, 1.807) is 13.0 Å². The highest BCUT2D eigenvalue weighted by atomic mass is 19.1. The standard InChI is InChI=1S/C20H24FN3O2/c1-13(9-10-24-12-22-18-5-3-4-6-19(18)24)20(23-14(2)25)16-8-7-15(26)11-17(16)21/h3-8,11-14,20,23,25-26H,9-10H2,1-2H3. The van der Waals surface area contributed by atoms with Crippen LogP contribution in [0.3, 0.4) is 0 Å². The number of phenolic OH excluding ortho intramolecular Hbond substituents is 1.